The van der Waals surface area contributed by atoms with Gasteiger partial charge in [-0.2, -0.15) is 0 Å². The zero-order chi connectivity index (χ0) is 19.1. The molecule has 1 N–H and O–H groups in total. The molecule has 4 nitrogen and oxygen atoms in total. The number of rotatable bonds is 2. The lowest BCUT2D eigenvalue weighted by atomic mass is 9.86. The zero-order valence-electron chi connectivity index (χ0n) is 15.3. The van der Waals surface area contributed by atoms with Gasteiger partial charge in [0.1, 0.15) is 0 Å². The van der Waals surface area contributed by atoms with Gasteiger partial charge in [-0.25, -0.2) is 0 Å². The fourth-order valence-electron chi connectivity index (χ4n) is 3.08. The van der Waals surface area contributed by atoms with Crippen LogP contribution in [0.25, 0.3) is 10.9 Å². The third kappa shape index (κ3) is 3.37. The number of benzene rings is 2. The van der Waals surface area contributed by atoms with Crippen molar-refractivity contribution in [2.75, 3.05) is 5.32 Å². The predicted octanol–water partition coefficient (Wildman–Crippen LogP) is 5.50. The molecule has 2 aromatic carbocycles. The van der Waals surface area contributed by atoms with Crippen LogP contribution in [0, 0.1) is 0 Å². The van der Waals surface area contributed by atoms with Gasteiger partial charge in [-0.3, -0.25) is 14.2 Å². The second-order valence-electron chi connectivity index (χ2n) is 7.34. The molecule has 3 aromatic rings. The third-order valence-electron chi connectivity index (χ3n) is 4.33. The molecule has 0 fully saturated rings. The number of para-hydroxylation sites is 1. The first-order chi connectivity index (χ1) is 12.2. The van der Waals surface area contributed by atoms with E-state index in [9.17, 15) is 9.59 Å². The topological polar surface area (TPSA) is 51.1 Å². The van der Waals surface area contributed by atoms with E-state index in [1.807, 2.05) is 24.3 Å². The van der Waals surface area contributed by atoms with E-state index in [1.165, 1.54) is 11.5 Å². The number of aromatic nitrogens is 1. The number of nitrogens with one attached hydrogen (secondary N) is 1. The van der Waals surface area contributed by atoms with Gasteiger partial charge >= 0.3 is 0 Å². The van der Waals surface area contributed by atoms with Gasteiger partial charge < -0.3 is 5.32 Å². The second-order valence-corrected chi connectivity index (χ2v) is 7.78. The summed E-state index contributed by atoms with van der Waals surface area (Å²) in [5.41, 5.74) is 2.77. The van der Waals surface area contributed by atoms with E-state index in [0.717, 1.165) is 11.3 Å². The molecule has 0 spiro atoms. The molecule has 0 aliphatic rings. The van der Waals surface area contributed by atoms with Crippen molar-refractivity contribution in [1.29, 1.82) is 0 Å². The normalized spacial score (nSPS) is 11.6. The fraction of sp³-hybridized carbons (Fsp3) is 0.238. The molecular weight excluding hydrogens is 348 g/mol. The van der Waals surface area contributed by atoms with Gasteiger partial charge in [-0.1, -0.05) is 50.6 Å². The lowest BCUT2D eigenvalue weighted by molar-refractivity contribution is 0.0941. The Balaban J connectivity index is 2.07. The van der Waals surface area contributed by atoms with Crippen LogP contribution in [0.2, 0.25) is 5.02 Å². The molecular formula is C21H21ClN2O2. The Morgan fingerprint density at radius 2 is 1.77 bits per heavy atom. The molecule has 1 amide bonds. The lowest BCUT2D eigenvalue weighted by Crippen LogP contribution is -2.18. The Hall–Kier alpha value is -2.59. The van der Waals surface area contributed by atoms with Crippen LogP contribution in [0.3, 0.4) is 0 Å². The third-order valence-corrected chi connectivity index (χ3v) is 4.57. The van der Waals surface area contributed by atoms with Crippen molar-refractivity contribution in [2.45, 2.75) is 33.1 Å². The minimum Gasteiger partial charge on any atom is -0.322 e. The summed E-state index contributed by atoms with van der Waals surface area (Å²) in [5, 5.41) is 4.16. The van der Waals surface area contributed by atoms with Crippen molar-refractivity contribution >= 4 is 40.0 Å². The van der Waals surface area contributed by atoms with Gasteiger partial charge in [0.2, 0.25) is 5.91 Å². The Morgan fingerprint density at radius 1 is 1.08 bits per heavy atom. The van der Waals surface area contributed by atoms with Crippen LogP contribution in [-0.4, -0.2) is 16.4 Å². The van der Waals surface area contributed by atoms with Crippen LogP contribution in [0.15, 0.2) is 48.7 Å². The van der Waals surface area contributed by atoms with Crippen molar-refractivity contribution < 1.29 is 9.59 Å². The number of hydrogen-bond acceptors (Lipinski definition) is 2. The highest BCUT2D eigenvalue weighted by Crippen LogP contribution is 2.31. The van der Waals surface area contributed by atoms with Crippen molar-refractivity contribution in [1.82, 2.24) is 4.57 Å². The van der Waals surface area contributed by atoms with Gasteiger partial charge in [0.25, 0.3) is 5.91 Å². The summed E-state index contributed by atoms with van der Waals surface area (Å²) in [7, 11) is 0. The van der Waals surface area contributed by atoms with Crippen LogP contribution in [0.5, 0.6) is 0 Å². The van der Waals surface area contributed by atoms with Gasteiger partial charge in [-0.15, -0.1) is 0 Å². The van der Waals surface area contributed by atoms with E-state index in [2.05, 4.69) is 26.1 Å². The lowest BCUT2D eigenvalue weighted by Gasteiger charge is -2.22. The summed E-state index contributed by atoms with van der Waals surface area (Å²) in [6.45, 7) is 7.75. The summed E-state index contributed by atoms with van der Waals surface area (Å²) >= 11 is 6.10. The number of fused-ring (bicyclic) bond motifs is 1. The van der Waals surface area contributed by atoms with Crippen molar-refractivity contribution in [3.63, 3.8) is 0 Å². The Kier molecular flexibility index (Phi) is 4.63. The van der Waals surface area contributed by atoms with Crippen molar-refractivity contribution in [2.24, 2.45) is 0 Å². The Labute approximate surface area is 157 Å². The zero-order valence-corrected chi connectivity index (χ0v) is 16.0. The summed E-state index contributed by atoms with van der Waals surface area (Å²) in [6, 6.07) is 12.9. The first-order valence-electron chi connectivity index (χ1n) is 8.41. The van der Waals surface area contributed by atoms with Crippen LogP contribution >= 0.6 is 11.6 Å². The number of carbonyl (C=O) groups excluding carboxylic acids is 2. The molecule has 134 valence electrons. The van der Waals surface area contributed by atoms with E-state index >= 15 is 0 Å². The first kappa shape index (κ1) is 18.2. The maximum atomic E-state index is 13.0. The Bertz CT molecular complexity index is 1010. The molecule has 3 rings (SSSR count). The molecule has 0 saturated carbocycles. The summed E-state index contributed by atoms with van der Waals surface area (Å²) in [4.78, 5) is 24.9. The van der Waals surface area contributed by atoms with Gasteiger partial charge in [0.05, 0.1) is 11.1 Å². The maximum absolute atomic E-state index is 13.0. The van der Waals surface area contributed by atoms with Gasteiger partial charge in [0.15, 0.2) is 0 Å². The highest BCUT2D eigenvalue weighted by atomic mass is 35.5. The van der Waals surface area contributed by atoms with E-state index in [-0.39, 0.29) is 17.2 Å². The number of carbonyl (C=O) groups is 2. The monoisotopic (exact) mass is 368 g/mol. The molecule has 26 heavy (non-hydrogen) atoms. The molecule has 0 radical (unpaired) electrons. The smallest absolute Gasteiger partial charge is 0.257 e. The highest BCUT2D eigenvalue weighted by molar-refractivity contribution is 6.31. The SMILES string of the molecule is CC(=O)n1cc(C(=O)Nc2ccccc2C(C)(C)C)c2cc(Cl)ccc21. The molecule has 5 heteroatoms. The Morgan fingerprint density at radius 3 is 2.42 bits per heavy atom. The largest absolute Gasteiger partial charge is 0.322 e. The van der Waals surface area contributed by atoms with E-state index in [4.69, 9.17) is 11.6 Å². The fourth-order valence-corrected chi connectivity index (χ4v) is 3.25. The average molecular weight is 369 g/mol. The minimum absolute atomic E-state index is 0.111. The summed E-state index contributed by atoms with van der Waals surface area (Å²) < 4.78 is 1.47. The average Bonchev–Trinajstić information content (AvgIpc) is 2.93. The highest BCUT2D eigenvalue weighted by Gasteiger charge is 2.21. The molecule has 1 aromatic heterocycles. The molecule has 0 unspecified atom stereocenters. The van der Waals surface area contributed by atoms with Crippen LogP contribution < -0.4 is 5.32 Å². The first-order valence-corrected chi connectivity index (χ1v) is 8.78. The van der Waals surface area contributed by atoms with Gasteiger partial charge in [0, 0.05) is 29.2 Å². The van der Waals surface area contributed by atoms with E-state index < -0.39 is 0 Å². The minimum atomic E-state index is -0.269. The molecule has 0 bridgehead atoms. The maximum Gasteiger partial charge on any atom is 0.257 e. The van der Waals surface area contributed by atoms with Gasteiger partial charge in [-0.05, 0) is 35.2 Å². The number of nitrogens with zero attached hydrogens (tertiary/aromatic N) is 1. The quantitative estimate of drug-likeness (QED) is 0.648. The second kappa shape index (κ2) is 6.61. The number of amides is 1. The van der Waals surface area contributed by atoms with Crippen molar-refractivity contribution in [3.8, 4) is 0 Å². The van der Waals surface area contributed by atoms with E-state index in [0.29, 0.717) is 21.5 Å². The summed E-state index contributed by atoms with van der Waals surface area (Å²) in [5.74, 6) is -0.430. The van der Waals surface area contributed by atoms with E-state index in [1.54, 1.807) is 24.4 Å². The predicted molar refractivity (Wildman–Crippen MR) is 106 cm³/mol. The van der Waals surface area contributed by atoms with Crippen LogP contribution in [0.1, 0.15) is 48.4 Å². The number of halogens is 1. The number of anilines is 1. The van der Waals surface area contributed by atoms with Crippen molar-refractivity contribution in [3.05, 3.63) is 64.8 Å². The molecule has 0 aliphatic heterocycles. The molecule has 0 saturated heterocycles. The molecule has 1 heterocycles. The standard InChI is InChI=1S/C21H21ClN2O2/c1-13(25)24-12-16(15-11-14(22)9-10-19(15)24)20(26)23-18-8-6-5-7-17(18)21(2,3)4/h5-12H,1-4H3,(H,23,26). The van der Waals surface area contributed by atoms with Crippen LogP contribution in [0.4, 0.5) is 5.69 Å². The molecule has 0 aliphatic carbocycles. The molecule has 0 atom stereocenters. The van der Waals surface area contributed by atoms with Crippen LogP contribution in [-0.2, 0) is 5.41 Å². The summed E-state index contributed by atoms with van der Waals surface area (Å²) in [6.07, 6.45) is 1.57. The number of hydrogen-bond donors (Lipinski definition) is 1.